The molecule has 1 heterocycles. The zero-order valence-electron chi connectivity index (χ0n) is 11.3. The molecule has 2 heteroatoms. The van der Waals surface area contributed by atoms with Crippen molar-refractivity contribution in [1.29, 1.82) is 0 Å². The van der Waals surface area contributed by atoms with E-state index in [1.807, 2.05) is 24.3 Å². The van der Waals surface area contributed by atoms with Crippen LogP contribution in [0.1, 0.15) is 54.1 Å². The first-order valence-corrected chi connectivity index (χ1v) is 7.35. The van der Waals surface area contributed by atoms with E-state index in [1.54, 1.807) is 0 Å². The van der Waals surface area contributed by atoms with Crippen molar-refractivity contribution in [2.75, 3.05) is 0 Å². The highest BCUT2D eigenvalue weighted by molar-refractivity contribution is 5.39. The van der Waals surface area contributed by atoms with Crippen LogP contribution in [-0.4, -0.2) is 5.11 Å². The normalized spacial score (nSPS) is 24.9. The van der Waals surface area contributed by atoms with Gasteiger partial charge in [-0.25, -0.2) is 0 Å². The highest BCUT2D eigenvalue weighted by atomic mass is 16.5. The van der Waals surface area contributed by atoms with Crippen LogP contribution in [0, 0.1) is 0 Å². The van der Waals surface area contributed by atoms with Crippen LogP contribution in [0.15, 0.2) is 48.5 Å². The number of ether oxygens (including phenoxy) is 1. The van der Waals surface area contributed by atoms with E-state index < -0.39 is 6.10 Å². The number of fused-ring (bicyclic) bond motifs is 1. The second-order valence-electron chi connectivity index (χ2n) is 5.84. The summed E-state index contributed by atoms with van der Waals surface area (Å²) in [7, 11) is 0. The summed E-state index contributed by atoms with van der Waals surface area (Å²) in [6.07, 6.45) is 2.79. The first-order valence-electron chi connectivity index (χ1n) is 7.35. The van der Waals surface area contributed by atoms with Gasteiger partial charge < -0.3 is 9.84 Å². The van der Waals surface area contributed by atoms with Crippen LogP contribution in [0.2, 0.25) is 0 Å². The zero-order chi connectivity index (χ0) is 13.5. The number of aliphatic hydroxyl groups excluding tert-OH is 1. The van der Waals surface area contributed by atoms with E-state index in [2.05, 4.69) is 24.3 Å². The Morgan fingerprint density at radius 2 is 1.60 bits per heavy atom. The van der Waals surface area contributed by atoms with E-state index in [1.165, 1.54) is 18.4 Å². The maximum atomic E-state index is 10.3. The van der Waals surface area contributed by atoms with Crippen molar-refractivity contribution in [3.63, 3.8) is 0 Å². The van der Waals surface area contributed by atoms with Gasteiger partial charge in [0.05, 0.1) is 6.10 Å². The molecule has 1 aliphatic carbocycles. The SMILES string of the molecule is OC1CC(c2ccc(C3CC3)cc2)Oc2ccccc21. The first-order chi connectivity index (χ1) is 9.81. The second kappa shape index (κ2) is 4.64. The Balaban J connectivity index is 1.60. The second-order valence-corrected chi connectivity index (χ2v) is 5.84. The fraction of sp³-hybridized carbons (Fsp3) is 0.333. The smallest absolute Gasteiger partial charge is 0.127 e. The molecule has 4 rings (SSSR count). The molecule has 1 saturated carbocycles. The fourth-order valence-corrected chi connectivity index (χ4v) is 3.00. The molecule has 0 bridgehead atoms. The summed E-state index contributed by atoms with van der Waals surface area (Å²) in [6, 6.07) is 16.5. The van der Waals surface area contributed by atoms with E-state index in [9.17, 15) is 5.11 Å². The summed E-state index contributed by atoms with van der Waals surface area (Å²) in [6.45, 7) is 0. The van der Waals surface area contributed by atoms with Crippen LogP contribution in [0.3, 0.4) is 0 Å². The predicted molar refractivity (Wildman–Crippen MR) is 77.8 cm³/mol. The minimum Gasteiger partial charge on any atom is -0.485 e. The van der Waals surface area contributed by atoms with Gasteiger partial charge in [0.2, 0.25) is 0 Å². The van der Waals surface area contributed by atoms with Gasteiger partial charge in [0, 0.05) is 12.0 Å². The lowest BCUT2D eigenvalue weighted by Crippen LogP contribution is -2.18. The van der Waals surface area contributed by atoms with E-state index >= 15 is 0 Å². The Bertz CT molecular complexity index is 614. The summed E-state index contributed by atoms with van der Waals surface area (Å²) < 4.78 is 6.04. The van der Waals surface area contributed by atoms with Crippen LogP contribution < -0.4 is 4.74 Å². The molecule has 0 saturated heterocycles. The lowest BCUT2D eigenvalue weighted by atomic mass is 9.94. The third-order valence-electron chi connectivity index (χ3n) is 4.34. The Labute approximate surface area is 119 Å². The van der Waals surface area contributed by atoms with Crippen molar-refractivity contribution in [1.82, 2.24) is 0 Å². The van der Waals surface area contributed by atoms with Crippen LogP contribution >= 0.6 is 0 Å². The Kier molecular flexibility index (Phi) is 2.78. The van der Waals surface area contributed by atoms with E-state index in [0.717, 1.165) is 22.8 Å². The molecule has 102 valence electrons. The topological polar surface area (TPSA) is 29.5 Å². The Hall–Kier alpha value is -1.80. The van der Waals surface area contributed by atoms with Gasteiger partial charge in [-0.2, -0.15) is 0 Å². The average Bonchev–Trinajstić information content (AvgIpc) is 3.32. The molecule has 1 aliphatic heterocycles. The minimum absolute atomic E-state index is 0.0480. The van der Waals surface area contributed by atoms with E-state index in [-0.39, 0.29) is 6.10 Å². The third kappa shape index (κ3) is 2.10. The Morgan fingerprint density at radius 3 is 2.35 bits per heavy atom. The van der Waals surface area contributed by atoms with Crippen LogP contribution in [-0.2, 0) is 0 Å². The number of rotatable bonds is 2. The molecule has 0 radical (unpaired) electrons. The van der Waals surface area contributed by atoms with Gasteiger partial charge in [-0.1, -0.05) is 42.5 Å². The minimum atomic E-state index is -0.437. The molecule has 2 atom stereocenters. The largest absolute Gasteiger partial charge is 0.485 e. The maximum Gasteiger partial charge on any atom is 0.127 e. The van der Waals surface area contributed by atoms with Gasteiger partial charge in [-0.05, 0) is 36.0 Å². The van der Waals surface area contributed by atoms with Crippen molar-refractivity contribution in [2.45, 2.75) is 37.4 Å². The van der Waals surface area contributed by atoms with E-state index in [0.29, 0.717) is 6.42 Å². The summed E-state index contributed by atoms with van der Waals surface area (Å²) in [5.41, 5.74) is 3.49. The number of para-hydroxylation sites is 1. The monoisotopic (exact) mass is 266 g/mol. The summed E-state index contributed by atoms with van der Waals surface area (Å²) in [5, 5.41) is 10.3. The highest BCUT2D eigenvalue weighted by Crippen LogP contribution is 2.42. The van der Waals surface area contributed by atoms with Crippen molar-refractivity contribution < 1.29 is 9.84 Å². The van der Waals surface area contributed by atoms with Crippen LogP contribution in [0.4, 0.5) is 0 Å². The molecule has 2 aromatic carbocycles. The van der Waals surface area contributed by atoms with Crippen molar-refractivity contribution in [3.05, 3.63) is 65.2 Å². The van der Waals surface area contributed by atoms with Crippen molar-refractivity contribution in [3.8, 4) is 5.75 Å². The molecule has 2 unspecified atom stereocenters. The molecular weight excluding hydrogens is 248 g/mol. The molecule has 1 N–H and O–H groups in total. The van der Waals surface area contributed by atoms with Gasteiger partial charge in [0.15, 0.2) is 0 Å². The fourth-order valence-electron chi connectivity index (χ4n) is 3.00. The molecule has 2 nitrogen and oxygen atoms in total. The summed E-state index contributed by atoms with van der Waals surface area (Å²) >= 11 is 0. The molecule has 2 aromatic rings. The van der Waals surface area contributed by atoms with Gasteiger partial charge in [0.25, 0.3) is 0 Å². The van der Waals surface area contributed by atoms with Gasteiger partial charge in [-0.3, -0.25) is 0 Å². The highest BCUT2D eigenvalue weighted by Gasteiger charge is 2.28. The number of hydrogen-bond donors (Lipinski definition) is 1. The van der Waals surface area contributed by atoms with Gasteiger partial charge in [0.1, 0.15) is 11.9 Å². The van der Waals surface area contributed by atoms with E-state index in [4.69, 9.17) is 4.74 Å². The van der Waals surface area contributed by atoms with Gasteiger partial charge >= 0.3 is 0 Å². The number of benzene rings is 2. The molecular formula is C18H18O2. The molecule has 2 aliphatic rings. The predicted octanol–water partition coefficient (Wildman–Crippen LogP) is 4.12. The van der Waals surface area contributed by atoms with Crippen molar-refractivity contribution in [2.24, 2.45) is 0 Å². The first kappa shape index (κ1) is 12.0. The molecule has 0 spiro atoms. The summed E-state index contributed by atoms with van der Waals surface area (Å²) in [5.74, 6) is 1.59. The van der Waals surface area contributed by atoms with Crippen LogP contribution in [0.25, 0.3) is 0 Å². The summed E-state index contributed by atoms with van der Waals surface area (Å²) in [4.78, 5) is 0. The quantitative estimate of drug-likeness (QED) is 0.886. The number of hydrogen-bond acceptors (Lipinski definition) is 2. The molecule has 1 fully saturated rings. The molecule has 0 amide bonds. The maximum absolute atomic E-state index is 10.3. The Morgan fingerprint density at radius 1 is 0.900 bits per heavy atom. The molecule has 20 heavy (non-hydrogen) atoms. The van der Waals surface area contributed by atoms with Crippen LogP contribution in [0.5, 0.6) is 5.75 Å². The lowest BCUT2D eigenvalue weighted by molar-refractivity contribution is 0.0657. The third-order valence-corrected chi connectivity index (χ3v) is 4.34. The zero-order valence-corrected chi connectivity index (χ0v) is 11.3. The molecule has 0 aromatic heterocycles. The average molecular weight is 266 g/mol. The lowest BCUT2D eigenvalue weighted by Gasteiger charge is -2.30. The number of aliphatic hydroxyl groups is 1. The standard InChI is InChI=1S/C18H18O2/c19-16-11-18(20-17-4-2-1-3-15(16)17)14-9-7-13(8-10-14)12-5-6-12/h1-4,7-10,12,16,18-19H,5-6,11H2. The van der Waals surface area contributed by atoms with Crippen molar-refractivity contribution >= 4 is 0 Å². The van der Waals surface area contributed by atoms with Gasteiger partial charge in [-0.15, -0.1) is 0 Å².